The quantitative estimate of drug-likeness (QED) is 0.790. The van der Waals surface area contributed by atoms with Crippen LogP contribution in [0.5, 0.6) is 0 Å². The molecule has 0 aliphatic heterocycles. The Balaban J connectivity index is 2.22. The van der Waals surface area contributed by atoms with Crippen molar-refractivity contribution in [2.24, 2.45) is 5.73 Å². The fourth-order valence-electron chi connectivity index (χ4n) is 1.51. The minimum absolute atomic E-state index is 0.00222. The Morgan fingerprint density at radius 3 is 2.80 bits per heavy atom. The molecule has 0 saturated heterocycles. The van der Waals surface area contributed by atoms with Crippen molar-refractivity contribution in [3.05, 3.63) is 40.4 Å². The number of amides is 2. The topological polar surface area (TPSA) is 114 Å². The van der Waals surface area contributed by atoms with Gasteiger partial charge >= 0.3 is 0 Å². The van der Waals surface area contributed by atoms with Gasteiger partial charge in [0.2, 0.25) is 11.7 Å². The molecule has 1 aromatic heterocycles. The SMILES string of the molecule is CCc1nc(C(=O)Nc2cc(C(N)=O)ccc2Cl)n[nH]1. The maximum absolute atomic E-state index is 11.9. The Hall–Kier alpha value is -2.41. The number of nitrogens with one attached hydrogen (secondary N) is 2. The lowest BCUT2D eigenvalue weighted by molar-refractivity contribution is 0.0994. The Labute approximate surface area is 119 Å². The van der Waals surface area contributed by atoms with Crippen LogP contribution in [0.2, 0.25) is 5.02 Å². The third-order valence-electron chi connectivity index (χ3n) is 2.57. The minimum atomic E-state index is -0.608. The first-order chi connectivity index (χ1) is 9.51. The number of nitrogens with zero attached hydrogens (tertiary/aromatic N) is 2. The second-order valence-corrected chi connectivity index (χ2v) is 4.38. The summed E-state index contributed by atoms with van der Waals surface area (Å²) < 4.78 is 0. The zero-order chi connectivity index (χ0) is 14.7. The highest BCUT2D eigenvalue weighted by Gasteiger charge is 2.14. The van der Waals surface area contributed by atoms with E-state index in [9.17, 15) is 9.59 Å². The summed E-state index contributed by atoms with van der Waals surface area (Å²) in [5, 5.41) is 9.25. The number of aromatic amines is 1. The fourth-order valence-corrected chi connectivity index (χ4v) is 1.67. The van der Waals surface area contributed by atoms with E-state index < -0.39 is 11.8 Å². The maximum atomic E-state index is 11.9. The smallest absolute Gasteiger partial charge is 0.295 e. The maximum Gasteiger partial charge on any atom is 0.295 e. The number of anilines is 1. The number of rotatable bonds is 4. The van der Waals surface area contributed by atoms with Crippen molar-refractivity contribution in [2.45, 2.75) is 13.3 Å². The number of carbonyl (C=O) groups excluding carboxylic acids is 2. The summed E-state index contributed by atoms with van der Waals surface area (Å²) in [6.07, 6.45) is 0.637. The molecule has 0 saturated carbocycles. The third kappa shape index (κ3) is 2.94. The first kappa shape index (κ1) is 14.0. The molecular weight excluding hydrogens is 282 g/mol. The van der Waals surface area contributed by atoms with Crippen molar-refractivity contribution < 1.29 is 9.59 Å². The van der Waals surface area contributed by atoms with E-state index in [1.165, 1.54) is 18.2 Å². The van der Waals surface area contributed by atoms with Gasteiger partial charge in [0.25, 0.3) is 5.91 Å². The molecule has 0 bridgehead atoms. The van der Waals surface area contributed by atoms with Gasteiger partial charge in [0.15, 0.2) is 0 Å². The summed E-state index contributed by atoms with van der Waals surface area (Å²) in [4.78, 5) is 27.0. The van der Waals surface area contributed by atoms with Crippen LogP contribution in [-0.2, 0) is 6.42 Å². The monoisotopic (exact) mass is 293 g/mol. The normalized spacial score (nSPS) is 10.3. The Kier molecular flexibility index (Phi) is 3.99. The second kappa shape index (κ2) is 5.70. The number of aromatic nitrogens is 3. The first-order valence-corrected chi connectivity index (χ1v) is 6.21. The number of hydrogen-bond donors (Lipinski definition) is 3. The second-order valence-electron chi connectivity index (χ2n) is 3.97. The van der Waals surface area contributed by atoms with Crippen molar-refractivity contribution in [1.82, 2.24) is 15.2 Å². The molecule has 0 fully saturated rings. The van der Waals surface area contributed by atoms with E-state index in [2.05, 4.69) is 20.5 Å². The first-order valence-electron chi connectivity index (χ1n) is 5.83. The molecule has 8 heteroatoms. The predicted octanol–water partition coefficient (Wildman–Crippen LogP) is 1.37. The van der Waals surface area contributed by atoms with Crippen molar-refractivity contribution in [1.29, 1.82) is 0 Å². The van der Waals surface area contributed by atoms with Crippen LogP contribution in [0.3, 0.4) is 0 Å². The number of halogens is 1. The molecule has 0 atom stereocenters. The molecule has 0 aliphatic rings. The molecule has 0 unspecified atom stereocenters. The molecule has 0 aliphatic carbocycles. The van der Waals surface area contributed by atoms with Crippen molar-refractivity contribution in [3.8, 4) is 0 Å². The fraction of sp³-hybridized carbons (Fsp3) is 0.167. The molecule has 1 aromatic carbocycles. The van der Waals surface area contributed by atoms with Crippen LogP contribution >= 0.6 is 11.6 Å². The number of aryl methyl sites for hydroxylation is 1. The van der Waals surface area contributed by atoms with E-state index in [1.54, 1.807) is 0 Å². The summed E-state index contributed by atoms with van der Waals surface area (Å²) in [5.74, 6) is -0.526. The molecule has 0 radical (unpaired) electrons. The lowest BCUT2D eigenvalue weighted by atomic mass is 10.2. The molecule has 2 rings (SSSR count). The number of hydrogen-bond acceptors (Lipinski definition) is 4. The summed E-state index contributed by atoms with van der Waals surface area (Å²) in [6.45, 7) is 1.88. The summed E-state index contributed by atoms with van der Waals surface area (Å²) >= 11 is 5.95. The van der Waals surface area contributed by atoms with Gasteiger partial charge in [-0.1, -0.05) is 18.5 Å². The van der Waals surface area contributed by atoms with Crippen molar-refractivity contribution in [2.75, 3.05) is 5.32 Å². The number of carbonyl (C=O) groups is 2. The Morgan fingerprint density at radius 2 is 2.20 bits per heavy atom. The lowest BCUT2D eigenvalue weighted by Crippen LogP contribution is -2.16. The van der Waals surface area contributed by atoms with Gasteiger partial charge in [-0.15, -0.1) is 5.10 Å². The van der Waals surface area contributed by atoms with Gasteiger partial charge in [0, 0.05) is 12.0 Å². The standard InChI is InChI=1S/C12H12ClN5O2/c1-2-9-16-11(18-17-9)12(20)15-8-5-6(10(14)19)3-4-7(8)13/h3-5H,2H2,1H3,(H2,14,19)(H,15,20)(H,16,17,18). The predicted molar refractivity (Wildman–Crippen MR) is 73.7 cm³/mol. The van der Waals surface area contributed by atoms with E-state index in [1.807, 2.05) is 6.92 Å². The molecule has 1 heterocycles. The minimum Gasteiger partial charge on any atom is -0.366 e. The largest absolute Gasteiger partial charge is 0.366 e. The number of primary amides is 1. The molecule has 0 spiro atoms. The Bertz CT molecular complexity index is 668. The Morgan fingerprint density at radius 1 is 1.45 bits per heavy atom. The van der Waals surface area contributed by atoms with Crippen LogP contribution in [0.4, 0.5) is 5.69 Å². The number of nitrogens with two attached hydrogens (primary N) is 1. The van der Waals surface area contributed by atoms with Gasteiger partial charge in [-0.2, -0.15) is 0 Å². The van der Waals surface area contributed by atoms with Gasteiger partial charge in [0.05, 0.1) is 10.7 Å². The van der Waals surface area contributed by atoms with E-state index >= 15 is 0 Å². The zero-order valence-corrected chi connectivity index (χ0v) is 11.4. The molecule has 2 amide bonds. The molecule has 20 heavy (non-hydrogen) atoms. The van der Waals surface area contributed by atoms with E-state index in [0.29, 0.717) is 12.2 Å². The molecule has 2 aromatic rings. The van der Waals surface area contributed by atoms with Crippen LogP contribution in [0.25, 0.3) is 0 Å². The average Bonchev–Trinajstić information content (AvgIpc) is 2.89. The highest BCUT2D eigenvalue weighted by Crippen LogP contribution is 2.23. The van der Waals surface area contributed by atoms with Gasteiger partial charge in [-0.05, 0) is 18.2 Å². The molecule has 7 nitrogen and oxygen atoms in total. The lowest BCUT2D eigenvalue weighted by Gasteiger charge is -2.06. The van der Waals surface area contributed by atoms with E-state index in [0.717, 1.165) is 0 Å². The molecule has 4 N–H and O–H groups in total. The highest BCUT2D eigenvalue weighted by atomic mass is 35.5. The van der Waals surface area contributed by atoms with Gasteiger partial charge in [-0.25, -0.2) is 4.98 Å². The van der Waals surface area contributed by atoms with Gasteiger partial charge in [0.1, 0.15) is 5.82 Å². The zero-order valence-electron chi connectivity index (χ0n) is 10.6. The van der Waals surface area contributed by atoms with Crippen LogP contribution in [-0.4, -0.2) is 27.0 Å². The summed E-state index contributed by atoms with van der Waals surface area (Å²) in [7, 11) is 0. The highest BCUT2D eigenvalue weighted by molar-refractivity contribution is 6.34. The van der Waals surface area contributed by atoms with Gasteiger partial charge < -0.3 is 11.1 Å². The van der Waals surface area contributed by atoms with Crippen LogP contribution in [0.1, 0.15) is 33.7 Å². The van der Waals surface area contributed by atoms with Crippen molar-refractivity contribution in [3.63, 3.8) is 0 Å². The van der Waals surface area contributed by atoms with Crippen molar-refractivity contribution >= 4 is 29.1 Å². The summed E-state index contributed by atoms with van der Waals surface area (Å²) in [5.41, 5.74) is 5.69. The van der Waals surface area contributed by atoms with Crippen LogP contribution < -0.4 is 11.1 Å². The molecular formula is C12H12ClN5O2. The van der Waals surface area contributed by atoms with E-state index in [4.69, 9.17) is 17.3 Å². The van der Waals surface area contributed by atoms with Crippen LogP contribution in [0, 0.1) is 0 Å². The van der Waals surface area contributed by atoms with Crippen LogP contribution in [0.15, 0.2) is 18.2 Å². The molecule has 104 valence electrons. The number of benzene rings is 1. The third-order valence-corrected chi connectivity index (χ3v) is 2.90. The number of H-pyrrole nitrogens is 1. The van der Waals surface area contributed by atoms with Gasteiger partial charge in [-0.3, -0.25) is 14.7 Å². The summed E-state index contributed by atoms with van der Waals surface area (Å²) in [6, 6.07) is 4.35. The van der Waals surface area contributed by atoms with E-state index in [-0.39, 0.29) is 22.1 Å². The average molecular weight is 294 g/mol.